The Morgan fingerprint density at radius 3 is 2.03 bits per heavy atom. The summed E-state index contributed by atoms with van der Waals surface area (Å²) in [5.41, 5.74) is 2.55. The highest BCUT2D eigenvalue weighted by molar-refractivity contribution is 5.18. The zero-order valence-corrected chi connectivity index (χ0v) is 17.2. The molecule has 2 aliphatic rings. The van der Waals surface area contributed by atoms with Crippen LogP contribution < -0.4 is 0 Å². The van der Waals surface area contributed by atoms with E-state index in [2.05, 4.69) is 53.4 Å². The highest BCUT2D eigenvalue weighted by Gasteiger charge is 2.55. The quantitative estimate of drug-likeness (QED) is 0.740. The summed E-state index contributed by atoms with van der Waals surface area (Å²) in [4.78, 5) is 2.48. The van der Waals surface area contributed by atoms with E-state index in [9.17, 15) is 5.11 Å². The van der Waals surface area contributed by atoms with Gasteiger partial charge in [-0.3, -0.25) is 4.90 Å². The molecule has 1 saturated carbocycles. The van der Waals surface area contributed by atoms with Gasteiger partial charge >= 0.3 is 0 Å². The zero-order chi connectivity index (χ0) is 20.3. The second-order valence-corrected chi connectivity index (χ2v) is 8.38. The first kappa shape index (κ1) is 20.5. The largest absolute Gasteiger partial charge is 0.394 e. The molecular weight excluding hydrogens is 366 g/mol. The Bertz CT molecular complexity index is 725. The number of rotatable bonds is 8. The number of aliphatic hydroxyl groups excluding tert-OH is 1. The van der Waals surface area contributed by atoms with E-state index in [4.69, 9.17) is 14.2 Å². The Morgan fingerprint density at radius 2 is 1.48 bits per heavy atom. The molecular formula is C24H31NO4. The fraction of sp³-hybridized carbons (Fsp3) is 0.500. The van der Waals surface area contributed by atoms with Gasteiger partial charge < -0.3 is 19.3 Å². The molecule has 0 spiro atoms. The van der Waals surface area contributed by atoms with Crippen LogP contribution in [0.25, 0.3) is 0 Å². The molecule has 2 aromatic rings. The number of benzene rings is 2. The average molecular weight is 398 g/mol. The maximum Gasteiger partial charge on any atom is 0.163 e. The lowest BCUT2D eigenvalue weighted by atomic mass is 10.1. The van der Waals surface area contributed by atoms with Crippen LogP contribution in [-0.4, -0.2) is 53.4 Å². The van der Waals surface area contributed by atoms with Crippen molar-refractivity contribution in [2.24, 2.45) is 0 Å². The molecule has 1 saturated heterocycles. The fourth-order valence-corrected chi connectivity index (χ4v) is 4.56. The van der Waals surface area contributed by atoms with Crippen LogP contribution in [0.2, 0.25) is 0 Å². The van der Waals surface area contributed by atoms with E-state index >= 15 is 0 Å². The van der Waals surface area contributed by atoms with Crippen LogP contribution in [0.3, 0.4) is 0 Å². The second kappa shape index (κ2) is 8.94. The molecule has 29 heavy (non-hydrogen) atoms. The van der Waals surface area contributed by atoms with E-state index in [1.165, 1.54) is 11.1 Å². The molecule has 156 valence electrons. The lowest BCUT2D eigenvalue weighted by Crippen LogP contribution is -2.42. The summed E-state index contributed by atoms with van der Waals surface area (Å²) in [6.07, 6.45) is 0.579. The molecule has 2 fully saturated rings. The van der Waals surface area contributed by atoms with E-state index in [1.54, 1.807) is 0 Å². The second-order valence-electron chi connectivity index (χ2n) is 8.38. The number of aliphatic hydroxyl groups is 1. The zero-order valence-electron chi connectivity index (χ0n) is 17.2. The van der Waals surface area contributed by atoms with Gasteiger partial charge in [-0.15, -0.1) is 0 Å². The van der Waals surface area contributed by atoms with Gasteiger partial charge in [0.15, 0.2) is 5.79 Å². The van der Waals surface area contributed by atoms with Gasteiger partial charge in [0, 0.05) is 19.1 Å². The molecule has 2 aromatic carbocycles. The van der Waals surface area contributed by atoms with E-state index in [-0.39, 0.29) is 31.0 Å². The van der Waals surface area contributed by atoms with Gasteiger partial charge in [-0.05, 0) is 31.4 Å². The number of ether oxygens (including phenoxy) is 3. The molecule has 5 nitrogen and oxygen atoms in total. The molecule has 0 radical (unpaired) electrons. The van der Waals surface area contributed by atoms with E-state index in [1.807, 2.05) is 26.0 Å². The third-order valence-electron chi connectivity index (χ3n) is 5.73. The van der Waals surface area contributed by atoms with Gasteiger partial charge in [0.2, 0.25) is 0 Å². The molecule has 0 amide bonds. The predicted molar refractivity (Wildman–Crippen MR) is 111 cm³/mol. The Labute approximate surface area is 173 Å². The highest BCUT2D eigenvalue weighted by Crippen LogP contribution is 2.42. The smallest absolute Gasteiger partial charge is 0.163 e. The van der Waals surface area contributed by atoms with Gasteiger partial charge in [-0.25, -0.2) is 0 Å². The van der Waals surface area contributed by atoms with Crippen molar-refractivity contribution in [1.29, 1.82) is 0 Å². The lowest BCUT2D eigenvalue weighted by molar-refractivity contribution is -0.173. The van der Waals surface area contributed by atoms with E-state index in [0.717, 1.165) is 19.5 Å². The van der Waals surface area contributed by atoms with Crippen LogP contribution >= 0.6 is 0 Å². The molecule has 1 N–H and O–H groups in total. The summed E-state index contributed by atoms with van der Waals surface area (Å²) < 4.78 is 18.5. The average Bonchev–Trinajstić information content (AvgIpc) is 3.20. The van der Waals surface area contributed by atoms with Crippen molar-refractivity contribution in [2.75, 3.05) is 13.2 Å². The third-order valence-corrected chi connectivity index (χ3v) is 5.73. The molecule has 5 heteroatoms. The maximum atomic E-state index is 9.23. The Morgan fingerprint density at radius 1 is 0.931 bits per heavy atom. The summed E-state index contributed by atoms with van der Waals surface area (Å²) in [7, 11) is 0. The monoisotopic (exact) mass is 397 g/mol. The minimum Gasteiger partial charge on any atom is -0.394 e. The summed E-state index contributed by atoms with van der Waals surface area (Å²) in [5, 5.41) is 9.23. The number of hydrogen-bond acceptors (Lipinski definition) is 5. The third kappa shape index (κ3) is 4.87. The molecule has 1 heterocycles. The van der Waals surface area contributed by atoms with Crippen molar-refractivity contribution in [3.8, 4) is 0 Å². The van der Waals surface area contributed by atoms with Gasteiger partial charge in [0.1, 0.15) is 12.2 Å². The van der Waals surface area contributed by atoms with Gasteiger partial charge in [0.05, 0.1) is 19.3 Å². The minimum atomic E-state index is -0.625. The minimum absolute atomic E-state index is 0.0144. The standard InChI is InChI=1S/C24H31NO4/c1-24(2)28-22-20(15-21(23(22)29-24)27-14-13-26)25(16-18-9-5-3-6-10-18)17-19-11-7-4-8-12-19/h3-12,20-23,26H,13-17H2,1-2H3/t20-,21+,22-,23?/m1/s1. The Kier molecular flexibility index (Phi) is 6.32. The van der Waals surface area contributed by atoms with Crippen molar-refractivity contribution in [3.63, 3.8) is 0 Å². The van der Waals surface area contributed by atoms with Crippen molar-refractivity contribution in [1.82, 2.24) is 4.90 Å². The normalized spacial score (nSPS) is 28.0. The first-order valence-electron chi connectivity index (χ1n) is 10.5. The Balaban J connectivity index is 1.59. The Hall–Kier alpha value is -1.76. The summed E-state index contributed by atoms with van der Waals surface area (Å²) >= 11 is 0. The SMILES string of the molecule is CC1(C)OC2[C@@H](OCCO)C[C@@H](N(Cc3ccccc3)Cc3ccccc3)[C@H]2O1. The first-order chi connectivity index (χ1) is 14.1. The van der Waals surface area contributed by atoms with Gasteiger partial charge in [-0.1, -0.05) is 60.7 Å². The van der Waals surface area contributed by atoms with Crippen LogP contribution in [0.1, 0.15) is 31.4 Å². The van der Waals surface area contributed by atoms with Gasteiger partial charge in [0.25, 0.3) is 0 Å². The number of nitrogens with zero attached hydrogens (tertiary/aromatic N) is 1. The van der Waals surface area contributed by atoms with Crippen molar-refractivity contribution in [3.05, 3.63) is 71.8 Å². The van der Waals surface area contributed by atoms with E-state index < -0.39 is 5.79 Å². The lowest BCUT2D eigenvalue weighted by Gasteiger charge is -2.33. The van der Waals surface area contributed by atoms with Crippen LogP contribution in [0, 0.1) is 0 Å². The topological polar surface area (TPSA) is 51.2 Å². The van der Waals surface area contributed by atoms with Crippen molar-refractivity contribution >= 4 is 0 Å². The molecule has 4 atom stereocenters. The van der Waals surface area contributed by atoms with Gasteiger partial charge in [-0.2, -0.15) is 0 Å². The molecule has 0 bridgehead atoms. The maximum absolute atomic E-state index is 9.23. The highest BCUT2D eigenvalue weighted by atomic mass is 16.8. The first-order valence-corrected chi connectivity index (χ1v) is 10.5. The summed E-state index contributed by atoms with van der Waals surface area (Å²) in [5.74, 6) is -0.625. The molecule has 1 aliphatic carbocycles. The van der Waals surface area contributed by atoms with Crippen LogP contribution in [0.4, 0.5) is 0 Å². The molecule has 0 aromatic heterocycles. The van der Waals surface area contributed by atoms with Crippen LogP contribution in [-0.2, 0) is 27.3 Å². The van der Waals surface area contributed by atoms with E-state index in [0.29, 0.717) is 6.61 Å². The van der Waals surface area contributed by atoms with Crippen molar-refractivity contribution in [2.45, 2.75) is 63.5 Å². The number of hydrogen-bond donors (Lipinski definition) is 1. The summed E-state index contributed by atoms with van der Waals surface area (Å²) in [6.45, 7) is 5.93. The van der Waals surface area contributed by atoms with Crippen molar-refractivity contribution < 1.29 is 19.3 Å². The summed E-state index contributed by atoms with van der Waals surface area (Å²) in [6, 6.07) is 21.3. The van der Waals surface area contributed by atoms with Crippen LogP contribution in [0.15, 0.2) is 60.7 Å². The van der Waals surface area contributed by atoms with Crippen LogP contribution in [0.5, 0.6) is 0 Å². The molecule has 1 unspecified atom stereocenters. The predicted octanol–water partition coefficient (Wildman–Crippen LogP) is 3.36. The molecule has 1 aliphatic heterocycles. The fourth-order valence-electron chi connectivity index (χ4n) is 4.56. The molecule has 4 rings (SSSR count). The number of fused-ring (bicyclic) bond motifs is 1.